The molecule has 0 spiro atoms. The van der Waals surface area contributed by atoms with E-state index in [9.17, 15) is 19.2 Å². The van der Waals surface area contributed by atoms with E-state index in [0.29, 0.717) is 0 Å². The van der Waals surface area contributed by atoms with Crippen molar-refractivity contribution in [2.75, 3.05) is 13.2 Å². The fourth-order valence-electron chi connectivity index (χ4n) is 1.65. The number of carbonyl (C=O) groups excluding carboxylic acids is 4. The molecule has 0 aromatic rings. The normalized spacial score (nSPS) is 12.5. The van der Waals surface area contributed by atoms with Crippen molar-refractivity contribution in [3.8, 4) is 0 Å². The largest absolute Gasteiger partial charge is 0.460 e. The van der Waals surface area contributed by atoms with E-state index >= 15 is 0 Å². The van der Waals surface area contributed by atoms with Gasteiger partial charge in [-0.25, -0.2) is 19.2 Å². The summed E-state index contributed by atoms with van der Waals surface area (Å²) in [5.74, 6) is -3.26. The maximum Gasteiger partial charge on any atom is 0.365 e. The highest BCUT2D eigenvalue weighted by Crippen LogP contribution is 2.22. The van der Waals surface area contributed by atoms with Gasteiger partial charge in [-0.2, -0.15) is 9.78 Å². The second-order valence-corrected chi connectivity index (χ2v) is 10.8. The molecule has 0 heterocycles. The van der Waals surface area contributed by atoms with Gasteiger partial charge < -0.3 is 9.47 Å². The third-order valence-corrected chi connectivity index (χ3v) is 7.42. The van der Waals surface area contributed by atoms with Crippen LogP contribution in [0.1, 0.15) is 0 Å². The van der Waals surface area contributed by atoms with Gasteiger partial charge in [-0.3, -0.25) is 9.78 Å². The quantitative estimate of drug-likeness (QED) is 0.131. The van der Waals surface area contributed by atoms with E-state index < -0.39 is 43.4 Å². The van der Waals surface area contributed by atoms with Crippen molar-refractivity contribution in [1.82, 2.24) is 0 Å². The summed E-state index contributed by atoms with van der Waals surface area (Å²) < 4.78 is 9.96. The van der Waals surface area contributed by atoms with Gasteiger partial charge in [-0.1, -0.05) is 39.4 Å². The minimum absolute atomic E-state index is 0.348. The summed E-state index contributed by atoms with van der Waals surface area (Å²) in [6, 6.07) is 0. The van der Waals surface area contributed by atoms with E-state index in [4.69, 9.17) is 19.2 Å². The molecule has 0 radical (unpaired) electrons. The topological polar surface area (TPSA) is 124 Å². The number of esters is 2. The summed E-state index contributed by atoms with van der Waals surface area (Å²) in [5, 5.41) is 0. The molecule has 0 rings (SSSR count). The highest BCUT2D eigenvalue weighted by molar-refractivity contribution is 6.80. The molecule has 0 saturated carbocycles. The molecule has 0 aliphatic rings. The third kappa shape index (κ3) is 9.64. The lowest BCUT2D eigenvalue weighted by Gasteiger charge is -2.35. The smallest absolute Gasteiger partial charge is 0.365 e. The van der Waals surface area contributed by atoms with Crippen molar-refractivity contribution >= 4 is 32.0 Å². The molecular weight excluding hydrogens is 404 g/mol. The van der Waals surface area contributed by atoms with Crippen molar-refractivity contribution < 1.29 is 48.2 Å². The summed E-state index contributed by atoms with van der Waals surface area (Å²) in [6.07, 6.45) is 3.61. The van der Waals surface area contributed by atoms with Gasteiger partial charge in [0.1, 0.15) is 32.7 Å². The molecule has 160 valence electrons. The Morgan fingerprint density at radius 3 is 1.28 bits per heavy atom. The summed E-state index contributed by atoms with van der Waals surface area (Å²) in [6.45, 7) is 15.7. The minimum atomic E-state index is -2.97. The van der Waals surface area contributed by atoms with Gasteiger partial charge in [0, 0.05) is 24.3 Å². The average molecular weight is 428 g/mol. The first-order valence-corrected chi connectivity index (χ1v) is 11.4. The van der Waals surface area contributed by atoms with Crippen LogP contribution in [-0.2, 0) is 48.2 Å². The second kappa shape index (κ2) is 13.2. The highest BCUT2D eigenvalue weighted by Gasteiger charge is 2.46. The van der Waals surface area contributed by atoms with Gasteiger partial charge in [0.25, 0.3) is 0 Å². The fourth-order valence-corrected chi connectivity index (χ4v) is 3.69. The maximum absolute atomic E-state index is 11.4. The van der Waals surface area contributed by atoms with Gasteiger partial charge in [-0.15, -0.1) is 0 Å². The minimum Gasteiger partial charge on any atom is -0.460 e. The van der Waals surface area contributed by atoms with E-state index in [1.165, 1.54) is 0 Å². The van der Waals surface area contributed by atoms with Crippen LogP contribution in [-0.4, -0.2) is 56.6 Å². The van der Waals surface area contributed by atoms with Crippen LogP contribution in [0.5, 0.6) is 0 Å². The first-order valence-electron chi connectivity index (χ1n) is 8.20. The zero-order valence-electron chi connectivity index (χ0n) is 16.3. The van der Waals surface area contributed by atoms with Crippen LogP contribution in [0.4, 0.5) is 0 Å². The zero-order valence-corrected chi connectivity index (χ0v) is 17.3. The summed E-state index contributed by atoms with van der Waals surface area (Å²) in [4.78, 5) is 65.0. The molecule has 0 saturated heterocycles. The molecule has 0 aliphatic carbocycles. The van der Waals surface area contributed by atoms with Gasteiger partial charge in [-0.05, 0) is 0 Å². The zero-order chi connectivity index (χ0) is 22.4. The number of hydrogen-bond acceptors (Lipinski definition) is 10. The molecule has 2 atom stereocenters. The molecule has 0 fully saturated rings. The Morgan fingerprint density at radius 1 is 0.690 bits per heavy atom. The van der Waals surface area contributed by atoms with Crippen LogP contribution in [0.15, 0.2) is 50.6 Å². The first kappa shape index (κ1) is 26.0. The monoisotopic (exact) mass is 428 g/mol. The molecule has 11 heteroatoms. The van der Waals surface area contributed by atoms with E-state index in [1.54, 1.807) is 13.1 Å². The SMILES string of the molecule is C=CC(=O)OCC(OOC(=O)C=C)[Si](C)(C)C(COC(=O)C=C)OOC(=O)C=C. The third-order valence-electron chi connectivity index (χ3n) is 3.57. The Hall–Kier alpha value is -3.02. The molecule has 10 nitrogen and oxygen atoms in total. The van der Waals surface area contributed by atoms with Crippen molar-refractivity contribution in [3.05, 3.63) is 50.6 Å². The van der Waals surface area contributed by atoms with Crippen LogP contribution in [0.2, 0.25) is 13.1 Å². The molecule has 0 aliphatic heterocycles. The van der Waals surface area contributed by atoms with Crippen molar-refractivity contribution in [2.45, 2.75) is 24.5 Å². The molecule has 0 aromatic carbocycles. The Bertz CT molecular complexity index is 553. The van der Waals surface area contributed by atoms with Crippen LogP contribution in [0, 0.1) is 0 Å². The molecule has 0 N–H and O–H groups in total. The maximum atomic E-state index is 11.4. The molecule has 0 amide bonds. The summed E-state index contributed by atoms with van der Waals surface area (Å²) >= 11 is 0. The van der Waals surface area contributed by atoms with Gasteiger partial charge in [0.05, 0.1) is 0 Å². The lowest BCUT2D eigenvalue weighted by molar-refractivity contribution is -0.295. The Labute approximate surface area is 169 Å². The van der Waals surface area contributed by atoms with Gasteiger partial charge >= 0.3 is 23.9 Å². The summed E-state index contributed by atoms with van der Waals surface area (Å²) in [7, 11) is -2.97. The second-order valence-electron chi connectivity index (χ2n) is 5.87. The van der Waals surface area contributed by atoms with Crippen LogP contribution >= 0.6 is 0 Å². The van der Waals surface area contributed by atoms with E-state index in [-0.39, 0.29) is 13.2 Å². The van der Waals surface area contributed by atoms with Crippen molar-refractivity contribution in [1.29, 1.82) is 0 Å². The van der Waals surface area contributed by atoms with Crippen molar-refractivity contribution in [2.24, 2.45) is 0 Å². The molecule has 0 bridgehead atoms. The fraction of sp³-hybridized carbons (Fsp3) is 0.333. The number of rotatable bonds is 14. The Balaban J connectivity index is 5.58. The lowest BCUT2D eigenvalue weighted by Crippen LogP contribution is -2.58. The molecular formula is C18H24O10Si. The van der Waals surface area contributed by atoms with Crippen LogP contribution < -0.4 is 0 Å². The lowest BCUT2D eigenvalue weighted by atomic mass is 10.6. The Kier molecular flexibility index (Phi) is 11.8. The Morgan fingerprint density at radius 2 is 1.00 bits per heavy atom. The van der Waals surface area contributed by atoms with Gasteiger partial charge in [0.2, 0.25) is 0 Å². The van der Waals surface area contributed by atoms with E-state index in [1.807, 2.05) is 0 Å². The number of carbonyl (C=O) groups is 4. The van der Waals surface area contributed by atoms with Crippen molar-refractivity contribution in [3.63, 3.8) is 0 Å². The molecule has 2 unspecified atom stereocenters. The predicted molar refractivity (Wildman–Crippen MR) is 102 cm³/mol. The standard InChI is InChI=1S/C18H24O10Si/c1-7-13(19)23-11-17(27-25-15(21)9-3)29(5,6)18(12-24-14(20)8-2)28-26-16(22)10-4/h7-10,17-18H,1-4,11-12H2,5-6H3. The van der Waals surface area contributed by atoms with E-state index in [2.05, 4.69) is 36.1 Å². The van der Waals surface area contributed by atoms with Crippen LogP contribution in [0.25, 0.3) is 0 Å². The van der Waals surface area contributed by atoms with Gasteiger partial charge in [0.15, 0.2) is 0 Å². The van der Waals surface area contributed by atoms with E-state index in [0.717, 1.165) is 24.3 Å². The predicted octanol–water partition coefficient (Wildman–Crippen LogP) is 1.29. The molecule has 0 aromatic heterocycles. The average Bonchev–Trinajstić information content (AvgIpc) is 2.71. The number of hydrogen-bond donors (Lipinski definition) is 0. The summed E-state index contributed by atoms with van der Waals surface area (Å²) in [5.41, 5.74) is -2.02. The number of ether oxygens (including phenoxy) is 2. The van der Waals surface area contributed by atoms with Crippen LogP contribution in [0.3, 0.4) is 0 Å². The first-order chi connectivity index (χ1) is 13.6. The highest BCUT2D eigenvalue weighted by atomic mass is 28.3. The molecule has 29 heavy (non-hydrogen) atoms.